The predicted octanol–water partition coefficient (Wildman–Crippen LogP) is 1.12. The fourth-order valence-corrected chi connectivity index (χ4v) is 4.88. The third kappa shape index (κ3) is 4.79. The van der Waals surface area contributed by atoms with E-state index in [4.69, 9.17) is 5.73 Å². The number of benzene rings is 1. The molecule has 1 heterocycles. The molecule has 1 aromatic carbocycles. The second-order valence-electron chi connectivity index (χ2n) is 5.52. The van der Waals surface area contributed by atoms with Gasteiger partial charge in [-0.25, -0.2) is 21.2 Å². The minimum atomic E-state index is -3.87. The van der Waals surface area contributed by atoms with Crippen molar-refractivity contribution < 1.29 is 21.2 Å². The van der Waals surface area contributed by atoms with Crippen LogP contribution >= 0.6 is 12.4 Å². The first-order chi connectivity index (χ1) is 10.6. The molecule has 1 unspecified atom stereocenters. The highest BCUT2D eigenvalue weighted by molar-refractivity contribution is 7.92. The van der Waals surface area contributed by atoms with Crippen LogP contribution in [0.3, 0.4) is 0 Å². The van der Waals surface area contributed by atoms with Crippen molar-refractivity contribution in [3.05, 3.63) is 24.0 Å². The Morgan fingerprint density at radius 3 is 2.50 bits per heavy atom. The second kappa shape index (κ2) is 7.96. The van der Waals surface area contributed by atoms with Crippen molar-refractivity contribution in [2.45, 2.75) is 30.2 Å². The molecule has 3 N–H and O–H groups in total. The highest BCUT2D eigenvalue weighted by Crippen LogP contribution is 2.27. The van der Waals surface area contributed by atoms with Crippen LogP contribution < -0.4 is 10.5 Å². The van der Waals surface area contributed by atoms with Gasteiger partial charge < -0.3 is 5.73 Å². The van der Waals surface area contributed by atoms with E-state index in [0.29, 0.717) is 13.0 Å². The molecule has 1 aliphatic rings. The number of anilines is 1. The molecule has 7 nitrogen and oxygen atoms in total. The predicted molar refractivity (Wildman–Crippen MR) is 92.7 cm³/mol. The summed E-state index contributed by atoms with van der Waals surface area (Å²) in [6.45, 7) is 0.546. The molecule has 0 radical (unpaired) electrons. The Hall–Kier alpha value is -0.940. The van der Waals surface area contributed by atoms with E-state index >= 15 is 0 Å². The molecule has 0 saturated carbocycles. The lowest BCUT2D eigenvalue weighted by atomic mass is 10.1. The second-order valence-corrected chi connectivity index (χ2v) is 9.16. The number of hydrogen-bond acceptors (Lipinski definition) is 5. The lowest BCUT2D eigenvalue weighted by molar-refractivity contribution is 0.257. The third-order valence-corrected chi connectivity index (χ3v) is 6.23. The van der Waals surface area contributed by atoms with Gasteiger partial charge >= 0.3 is 0 Å². The molecule has 1 saturated heterocycles. The van der Waals surface area contributed by atoms with E-state index in [-0.39, 0.29) is 35.6 Å². The van der Waals surface area contributed by atoms with E-state index in [1.54, 1.807) is 0 Å². The van der Waals surface area contributed by atoms with E-state index in [9.17, 15) is 21.2 Å². The maximum Gasteiger partial charge on any atom is 0.243 e. The van der Waals surface area contributed by atoms with Crippen LogP contribution in [0.4, 0.5) is 10.1 Å². The number of nitrogens with two attached hydrogens (primary N) is 1. The summed E-state index contributed by atoms with van der Waals surface area (Å²) >= 11 is 0. The van der Waals surface area contributed by atoms with Gasteiger partial charge in [0, 0.05) is 19.1 Å². The Bertz CT molecular complexity index is 786. The molecule has 0 spiro atoms. The maximum absolute atomic E-state index is 14.0. The first-order valence-electron chi connectivity index (χ1n) is 7.14. The molecule has 11 heteroatoms. The van der Waals surface area contributed by atoms with Gasteiger partial charge in [0.15, 0.2) is 0 Å². The zero-order chi connectivity index (χ0) is 17.3. The highest BCUT2D eigenvalue weighted by Gasteiger charge is 2.33. The Morgan fingerprint density at radius 1 is 1.29 bits per heavy atom. The Balaban J connectivity index is 0.00000288. The Kier molecular flexibility index (Phi) is 7.00. The summed E-state index contributed by atoms with van der Waals surface area (Å²) in [6, 6.07) is 2.81. The molecule has 0 amide bonds. The van der Waals surface area contributed by atoms with Crippen LogP contribution in [0, 0.1) is 5.82 Å². The van der Waals surface area contributed by atoms with Crippen LogP contribution in [-0.2, 0) is 20.0 Å². The van der Waals surface area contributed by atoms with Crippen molar-refractivity contribution >= 4 is 38.1 Å². The molecule has 0 aromatic heterocycles. The first-order valence-corrected chi connectivity index (χ1v) is 10.5. The average Bonchev–Trinajstić information content (AvgIpc) is 2.47. The highest BCUT2D eigenvalue weighted by atomic mass is 35.5. The quantitative estimate of drug-likeness (QED) is 0.768. The minimum Gasteiger partial charge on any atom is -0.329 e. The smallest absolute Gasteiger partial charge is 0.243 e. The standard InChI is InChI=1S/C13H20FN3O4S2.ClH/c1-22(18,19)16-13-6-5-11(8-12(13)14)23(20,21)17-7-3-2-4-10(17)9-15;/h5-6,8,10,16H,2-4,7,9,15H2,1H3;1H. The number of nitrogens with one attached hydrogen (secondary N) is 1. The van der Waals surface area contributed by atoms with E-state index < -0.39 is 25.9 Å². The maximum atomic E-state index is 14.0. The van der Waals surface area contributed by atoms with Gasteiger partial charge in [-0.15, -0.1) is 12.4 Å². The molecule has 1 atom stereocenters. The zero-order valence-corrected chi connectivity index (χ0v) is 15.6. The van der Waals surface area contributed by atoms with Crippen molar-refractivity contribution in [3.63, 3.8) is 0 Å². The molecular weight excluding hydrogens is 381 g/mol. The first kappa shape index (κ1) is 21.1. The van der Waals surface area contributed by atoms with Crippen LogP contribution in [0.2, 0.25) is 0 Å². The summed E-state index contributed by atoms with van der Waals surface area (Å²) in [7, 11) is -7.52. The summed E-state index contributed by atoms with van der Waals surface area (Å²) in [5, 5.41) is 0. The van der Waals surface area contributed by atoms with Gasteiger partial charge in [0.2, 0.25) is 20.0 Å². The molecule has 0 aliphatic carbocycles. The van der Waals surface area contributed by atoms with Gasteiger partial charge in [-0.3, -0.25) is 4.72 Å². The topological polar surface area (TPSA) is 110 Å². The van der Waals surface area contributed by atoms with Crippen molar-refractivity contribution in [3.8, 4) is 0 Å². The molecule has 1 aromatic rings. The summed E-state index contributed by atoms with van der Waals surface area (Å²) < 4.78 is 65.0. The number of halogens is 2. The van der Waals surface area contributed by atoms with Crippen molar-refractivity contribution in [1.29, 1.82) is 0 Å². The molecule has 24 heavy (non-hydrogen) atoms. The van der Waals surface area contributed by atoms with Crippen LogP contribution in [0.5, 0.6) is 0 Å². The molecule has 0 bridgehead atoms. The van der Waals surface area contributed by atoms with E-state index in [1.165, 1.54) is 10.4 Å². The number of nitrogens with zero attached hydrogens (tertiary/aromatic N) is 1. The lowest BCUT2D eigenvalue weighted by Crippen LogP contribution is -2.47. The van der Waals surface area contributed by atoms with Crippen molar-refractivity contribution in [1.82, 2.24) is 4.31 Å². The van der Waals surface area contributed by atoms with Crippen LogP contribution in [-0.4, -0.2) is 46.5 Å². The number of sulfonamides is 2. The fourth-order valence-electron chi connectivity index (χ4n) is 2.60. The van der Waals surface area contributed by atoms with Crippen molar-refractivity contribution in [2.24, 2.45) is 5.73 Å². The van der Waals surface area contributed by atoms with Gasteiger partial charge in [0.05, 0.1) is 16.8 Å². The Labute approximate surface area is 147 Å². The van der Waals surface area contributed by atoms with Crippen LogP contribution in [0.1, 0.15) is 19.3 Å². The number of rotatable bonds is 5. The fraction of sp³-hybridized carbons (Fsp3) is 0.538. The molecule has 1 aliphatic heterocycles. The summed E-state index contributed by atoms with van der Waals surface area (Å²) in [6.07, 6.45) is 3.19. The van der Waals surface area contributed by atoms with Gasteiger partial charge in [0.1, 0.15) is 5.82 Å². The zero-order valence-electron chi connectivity index (χ0n) is 13.1. The van der Waals surface area contributed by atoms with Gasteiger partial charge in [0.25, 0.3) is 0 Å². The SMILES string of the molecule is CS(=O)(=O)Nc1ccc(S(=O)(=O)N2CCCCC2CN)cc1F.Cl. The normalized spacial score (nSPS) is 19.5. The molecule has 1 fully saturated rings. The number of hydrogen-bond donors (Lipinski definition) is 2. The molecule has 2 rings (SSSR count). The van der Waals surface area contributed by atoms with Gasteiger partial charge in [-0.05, 0) is 31.0 Å². The van der Waals surface area contributed by atoms with Gasteiger partial charge in [-0.1, -0.05) is 6.42 Å². The molecule has 138 valence electrons. The van der Waals surface area contributed by atoms with Crippen LogP contribution in [0.25, 0.3) is 0 Å². The number of piperidine rings is 1. The van der Waals surface area contributed by atoms with E-state index in [1.807, 2.05) is 4.72 Å². The summed E-state index contributed by atoms with van der Waals surface area (Å²) in [5.41, 5.74) is 5.34. The van der Waals surface area contributed by atoms with Crippen molar-refractivity contribution in [2.75, 3.05) is 24.1 Å². The lowest BCUT2D eigenvalue weighted by Gasteiger charge is -2.33. The summed E-state index contributed by atoms with van der Waals surface area (Å²) in [5.74, 6) is -0.946. The van der Waals surface area contributed by atoms with E-state index in [0.717, 1.165) is 31.2 Å². The minimum absolute atomic E-state index is 0. The average molecular weight is 402 g/mol. The third-order valence-electron chi connectivity index (χ3n) is 3.69. The molecular formula is C13H21ClFN3O4S2. The van der Waals surface area contributed by atoms with E-state index in [2.05, 4.69) is 0 Å². The summed E-state index contributed by atoms with van der Waals surface area (Å²) in [4.78, 5) is -0.214. The van der Waals surface area contributed by atoms with Gasteiger partial charge in [-0.2, -0.15) is 4.31 Å². The van der Waals surface area contributed by atoms with Crippen LogP contribution in [0.15, 0.2) is 23.1 Å². The monoisotopic (exact) mass is 401 g/mol. The largest absolute Gasteiger partial charge is 0.329 e. The Morgan fingerprint density at radius 2 is 1.96 bits per heavy atom.